The summed E-state index contributed by atoms with van der Waals surface area (Å²) in [6, 6.07) is 18.1. The van der Waals surface area contributed by atoms with E-state index in [9.17, 15) is 38.4 Å². The fourth-order valence-electron chi connectivity index (χ4n) is 7.31. The first kappa shape index (κ1) is 52.9. The van der Waals surface area contributed by atoms with Crippen molar-refractivity contribution < 1.29 is 38.4 Å². The van der Waals surface area contributed by atoms with Crippen LogP contribution in [0.25, 0.3) is 10.9 Å². The molecule has 0 saturated carbocycles. The highest BCUT2D eigenvalue weighted by atomic mass is 16.2. The normalized spacial score (nSPS) is 13.5. The molecule has 0 aliphatic carbocycles. The molecule has 1 heterocycles. The monoisotopic (exact) mass is 936 g/mol. The zero-order valence-electron chi connectivity index (χ0n) is 38.6. The molecule has 20 heteroatoms. The highest BCUT2D eigenvalue weighted by molar-refractivity contribution is 5.97. The Morgan fingerprint density at radius 1 is 0.588 bits per heavy atom. The SMILES string of the molecule is CCCC[C@H](NC(C)=O)C(=O)NCC(=O)N[C@@H](Cc1ccccc1)C(=O)NC(Cc1ccccc1)C(=O)N[C@@H](CCCN=C(N)N)C(=O)NC(C)C(=O)N[C@@H](Cc1c[nH]c2ccccc12)C(N)=O. The van der Waals surface area contributed by atoms with Crippen LogP contribution in [0.3, 0.4) is 0 Å². The number of aromatic amines is 1. The Labute approximate surface area is 395 Å². The maximum Gasteiger partial charge on any atom is 0.243 e. The van der Waals surface area contributed by atoms with Gasteiger partial charge in [-0.15, -0.1) is 0 Å². The van der Waals surface area contributed by atoms with Gasteiger partial charge in [0.05, 0.1) is 6.54 Å². The number of carbonyl (C=O) groups is 8. The molecule has 14 N–H and O–H groups in total. The molecular weight excluding hydrogens is 873 g/mol. The van der Waals surface area contributed by atoms with Crippen LogP contribution in [0.15, 0.2) is 96.1 Å². The van der Waals surface area contributed by atoms with Gasteiger partial charge in [0.1, 0.15) is 36.3 Å². The van der Waals surface area contributed by atoms with Gasteiger partial charge in [0, 0.05) is 49.8 Å². The lowest BCUT2D eigenvalue weighted by molar-refractivity contribution is -0.135. The van der Waals surface area contributed by atoms with Gasteiger partial charge in [-0.05, 0) is 48.9 Å². The molecule has 4 rings (SSSR count). The number of H-pyrrole nitrogens is 1. The summed E-state index contributed by atoms with van der Waals surface area (Å²) in [6.07, 6.45) is 3.80. The van der Waals surface area contributed by atoms with Crippen molar-refractivity contribution >= 4 is 64.1 Å². The average Bonchev–Trinajstić information content (AvgIpc) is 3.72. The molecule has 0 aliphatic heterocycles. The predicted molar refractivity (Wildman–Crippen MR) is 257 cm³/mol. The quantitative estimate of drug-likeness (QED) is 0.0216. The van der Waals surface area contributed by atoms with Crippen LogP contribution in [0.1, 0.15) is 69.6 Å². The van der Waals surface area contributed by atoms with E-state index in [1.807, 2.05) is 31.2 Å². The summed E-state index contributed by atoms with van der Waals surface area (Å²) in [5.41, 5.74) is 19.7. The van der Waals surface area contributed by atoms with E-state index in [4.69, 9.17) is 17.2 Å². The highest BCUT2D eigenvalue weighted by Gasteiger charge is 2.32. The van der Waals surface area contributed by atoms with Crippen molar-refractivity contribution in [1.82, 2.24) is 42.2 Å². The molecule has 6 atom stereocenters. The highest BCUT2D eigenvalue weighted by Crippen LogP contribution is 2.19. The zero-order valence-corrected chi connectivity index (χ0v) is 38.6. The van der Waals surface area contributed by atoms with Crippen molar-refractivity contribution in [2.45, 2.75) is 108 Å². The number of para-hydroxylation sites is 1. The summed E-state index contributed by atoms with van der Waals surface area (Å²) < 4.78 is 0. The molecule has 0 fully saturated rings. The van der Waals surface area contributed by atoms with Gasteiger partial charge < -0.3 is 59.4 Å². The minimum Gasteiger partial charge on any atom is -0.370 e. The Morgan fingerprint density at radius 2 is 1.12 bits per heavy atom. The lowest BCUT2D eigenvalue weighted by Gasteiger charge is -2.26. The number of rotatable bonds is 27. The molecule has 68 heavy (non-hydrogen) atoms. The molecule has 20 nitrogen and oxygen atoms in total. The molecule has 0 spiro atoms. The van der Waals surface area contributed by atoms with Crippen molar-refractivity contribution in [3.05, 3.63) is 108 Å². The Kier molecular flexibility index (Phi) is 21.0. The number of nitrogens with zero attached hydrogens (tertiary/aromatic N) is 1. The summed E-state index contributed by atoms with van der Waals surface area (Å²) in [4.78, 5) is 114. The molecule has 0 bridgehead atoms. The fraction of sp³-hybridized carbons (Fsp3) is 0.396. The maximum atomic E-state index is 14.3. The number of nitrogens with two attached hydrogens (primary N) is 3. The van der Waals surface area contributed by atoms with Crippen molar-refractivity contribution in [1.29, 1.82) is 0 Å². The number of aromatic nitrogens is 1. The molecule has 364 valence electrons. The number of primary amides is 1. The first-order chi connectivity index (χ1) is 32.5. The Hall–Kier alpha value is -7.77. The van der Waals surface area contributed by atoms with Gasteiger partial charge >= 0.3 is 0 Å². The third kappa shape index (κ3) is 17.6. The van der Waals surface area contributed by atoms with E-state index in [2.05, 4.69) is 47.2 Å². The third-order valence-corrected chi connectivity index (χ3v) is 10.9. The molecule has 3 aromatic carbocycles. The van der Waals surface area contributed by atoms with Gasteiger partial charge in [-0.25, -0.2) is 0 Å². The predicted octanol–water partition coefficient (Wildman–Crippen LogP) is -0.0103. The maximum absolute atomic E-state index is 14.3. The van der Waals surface area contributed by atoms with Gasteiger partial charge in [-0.3, -0.25) is 43.3 Å². The van der Waals surface area contributed by atoms with Crippen LogP contribution in [-0.2, 0) is 57.6 Å². The molecule has 4 aromatic rings. The van der Waals surface area contributed by atoms with Gasteiger partial charge in [-0.2, -0.15) is 0 Å². The van der Waals surface area contributed by atoms with Crippen LogP contribution in [0.4, 0.5) is 0 Å². The number of benzene rings is 3. The number of hydrogen-bond donors (Lipinski definition) is 11. The molecule has 0 aliphatic rings. The minimum atomic E-state index is -1.30. The van der Waals surface area contributed by atoms with E-state index < -0.39 is 90.1 Å². The summed E-state index contributed by atoms with van der Waals surface area (Å²) >= 11 is 0. The molecule has 8 amide bonds. The standard InChI is InChI=1S/C48H64N12O8/c1-4-5-20-36(56-30(3)61)44(65)54-28-41(62)57-39(24-31-15-8-6-9-16-31)46(67)60-40(25-32-17-10-7-11-18-32)47(68)58-37(22-14-23-52-48(50)51)45(66)55-29(2)43(64)59-38(42(49)63)26-33-27-53-35-21-13-12-19-34(33)35/h6-13,15-19,21,27,29,36-40,53H,4-5,14,20,22-26,28H2,1-3H3,(H2,49,63)(H,54,65)(H,55,66)(H,56,61)(H,57,62)(H,58,68)(H,59,64)(H,60,67)(H4,50,51,52)/t29?,36-,37-,38-,39-,40?/m0/s1. The summed E-state index contributed by atoms with van der Waals surface area (Å²) in [7, 11) is 0. The number of hydrogen-bond acceptors (Lipinski definition) is 9. The van der Waals surface area contributed by atoms with Gasteiger partial charge in [0.15, 0.2) is 5.96 Å². The Balaban J connectivity index is 1.52. The third-order valence-electron chi connectivity index (χ3n) is 10.9. The van der Waals surface area contributed by atoms with Crippen LogP contribution >= 0.6 is 0 Å². The molecule has 0 radical (unpaired) electrons. The lowest BCUT2D eigenvalue weighted by atomic mass is 10.0. The fourth-order valence-corrected chi connectivity index (χ4v) is 7.31. The van der Waals surface area contributed by atoms with Crippen LogP contribution < -0.4 is 54.4 Å². The van der Waals surface area contributed by atoms with E-state index in [0.29, 0.717) is 24.0 Å². The first-order valence-corrected chi connectivity index (χ1v) is 22.6. The van der Waals surface area contributed by atoms with Crippen LogP contribution in [0.5, 0.6) is 0 Å². The largest absolute Gasteiger partial charge is 0.370 e. The van der Waals surface area contributed by atoms with Crippen LogP contribution in [0, 0.1) is 0 Å². The lowest BCUT2D eigenvalue weighted by Crippen LogP contribution is -2.59. The number of unbranched alkanes of at least 4 members (excludes halogenated alkanes) is 1. The molecule has 0 saturated heterocycles. The van der Waals surface area contributed by atoms with Gasteiger partial charge in [-0.1, -0.05) is 98.6 Å². The average molecular weight is 937 g/mol. The minimum absolute atomic E-state index is 0.00117. The molecule has 2 unspecified atom stereocenters. The van der Waals surface area contributed by atoms with E-state index in [-0.39, 0.29) is 44.6 Å². The van der Waals surface area contributed by atoms with Gasteiger partial charge in [0.25, 0.3) is 0 Å². The smallest absolute Gasteiger partial charge is 0.243 e. The molecule has 1 aromatic heterocycles. The number of carbonyl (C=O) groups excluding carboxylic acids is 8. The van der Waals surface area contributed by atoms with Crippen molar-refractivity contribution in [2.75, 3.05) is 13.1 Å². The summed E-state index contributed by atoms with van der Waals surface area (Å²) in [6.45, 7) is 4.24. The summed E-state index contributed by atoms with van der Waals surface area (Å²) in [5.74, 6) is -5.59. The first-order valence-electron chi connectivity index (χ1n) is 22.6. The van der Waals surface area contributed by atoms with E-state index in [0.717, 1.165) is 22.9 Å². The van der Waals surface area contributed by atoms with E-state index in [1.165, 1.54) is 13.8 Å². The number of aliphatic imine (C=N–C) groups is 1. The molecular formula is C48H64N12O8. The van der Waals surface area contributed by atoms with E-state index >= 15 is 0 Å². The van der Waals surface area contributed by atoms with Crippen LogP contribution in [-0.4, -0.2) is 108 Å². The number of fused-ring (bicyclic) bond motifs is 1. The second-order valence-electron chi connectivity index (χ2n) is 16.4. The Bertz CT molecular complexity index is 2370. The second-order valence-corrected chi connectivity index (χ2v) is 16.4. The second kappa shape index (κ2) is 27.0. The van der Waals surface area contributed by atoms with Gasteiger partial charge in [0.2, 0.25) is 47.3 Å². The summed E-state index contributed by atoms with van der Waals surface area (Å²) in [5, 5.41) is 19.4. The van der Waals surface area contributed by atoms with E-state index in [1.54, 1.807) is 66.9 Å². The van der Waals surface area contributed by atoms with Crippen LogP contribution in [0.2, 0.25) is 0 Å². The number of amides is 8. The van der Waals surface area contributed by atoms with Crippen molar-refractivity contribution in [2.24, 2.45) is 22.2 Å². The Morgan fingerprint density at radius 3 is 1.71 bits per heavy atom. The zero-order chi connectivity index (χ0) is 49.6. The van der Waals surface area contributed by atoms with Crippen molar-refractivity contribution in [3.8, 4) is 0 Å². The number of guanidine groups is 1. The number of nitrogens with one attached hydrogen (secondary N) is 8. The topological polar surface area (TPSA) is 327 Å². The van der Waals surface area contributed by atoms with Crippen molar-refractivity contribution in [3.63, 3.8) is 0 Å².